The highest BCUT2D eigenvalue weighted by atomic mass is 35.5. The summed E-state index contributed by atoms with van der Waals surface area (Å²) < 4.78 is 0. The van der Waals surface area contributed by atoms with Crippen molar-refractivity contribution in [3.05, 3.63) is 35.9 Å². The van der Waals surface area contributed by atoms with Gasteiger partial charge in [0, 0.05) is 19.5 Å². The topological polar surface area (TPSA) is 52.6 Å². The number of piperidine rings is 2. The van der Waals surface area contributed by atoms with Crippen molar-refractivity contribution >= 4 is 18.3 Å². The lowest BCUT2D eigenvalue weighted by Crippen LogP contribution is -2.40. The Morgan fingerprint density at radius 2 is 1.76 bits per heavy atom. The van der Waals surface area contributed by atoms with Crippen molar-refractivity contribution in [2.24, 2.45) is 11.8 Å². The molecule has 0 saturated carbocycles. The third-order valence-electron chi connectivity index (χ3n) is 5.71. The number of carbonyl (C=O) groups is 1. The minimum absolute atomic E-state index is 0. The van der Waals surface area contributed by atoms with E-state index in [4.69, 9.17) is 0 Å². The summed E-state index contributed by atoms with van der Waals surface area (Å²) in [7, 11) is 0. The maximum absolute atomic E-state index is 12.4. The SMILES string of the molecule is Cl.O=C(CCC1CCNCC1)N1CCC(C(O)c2ccccc2)CC1. The minimum Gasteiger partial charge on any atom is -0.388 e. The number of carbonyl (C=O) groups excluding carboxylic acids is 1. The lowest BCUT2D eigenvalue weighted by atomic mass is 9.87. The first kappa shape index (κ1) is 20.2. The van der Waals surface area contributed by atoms with Crippen molar-refractivity contribution in [1.29, 1.82) is 0 Å². The number of rotatable bonds is 5. The molecule has 3 rings (SSSR count). The number of aliphatic hydroxyl groups excluding tert-OH is 1. The molecular weight excluding hydrogens is 336 g/mol. The second kappa shape index (κ2) is 10.1. The summed E-state index contributed by atoms with van der Waals surface area (Å²) in [6.07, 6.45) is 5.53. The van der Waals surface area contributed by atoms with E-state index in [2.05, 4.69) is 5.32 Å². The van der Waals surface area contributed by atoms with Crippen molar-refractivity contribution in [2.75, 3.05) is 26.2 Å². The molecule has 2 aliphatic heterocycles. The van der Waals surface area contributed by atoms with Crippen molar-refractivity contribution in [3.63, 3.8) is 0 Å². The quantitative estimate of drug-likeness (QED) is 0.841. The molecule has 2 aliphatic rings. The Morgan fingerprint density at radius 1 is 1.12 bits per heavy atom. The number of nitrogens with zero attached hydrogens (tertiary/aromatic N) is 1. The molecule has 1 aromatic carbocycles. The van der Waals surface area contributed by atoms with Crippen LogP contribution in [0.15, 0.2) is 30.3 Å². The van der Waals surface area contributed by atoms with Gasteiger partial charge in [-0.15, -0.1) is 12.4 Å². The molecule has 0 bridgehead atoms. The van der Waals surface area contributed by atoms with Crippen LogP contribution in [-0.4, -0.2) is 42.1 Å². The second-order valence-electron chi connectivity index (χ2n) is 7.31. The summed E-state index contributed by atoms with van der Waals surface area (Å²) in [5.41, 5.74) is 0.994. The van der Waals surface area contributed by atoms with E-state index in [1.54, 1.807) is 0 Å². The van der Waals surface area contributed by atoms with Crippen molar-refractivity contribution < 1.29 is 9.90 Å². The number of hydrogen-bond acceptors (Lipinski definition) is 3. The van der Waals surface area contributed by atoms with E-state index in [1.807, 2.05) is 35.2 Å². The Kier molecular flexibility index (Phi) is 8.20. The molecule has 2 heterocycles. The third kappa shape index (κ3) is 5.70. The van der Waals surface area contributed by atoms with Gasteiger partial charge in [-0.25, -0.2) is 0 Å². The first-order valence-electron chi connectivity index (χ1n) is 9.45. The van der Waals surface area contributed by atoms with Gasteiger partial charge >= 0.3 is 0 Å². The van der Waals surface area contributed by atoms with Gasteiger partial charge in [-0.2, -0.15) is 0 Å². The van der Waals surface area contributed by atoms with E-state index in [-0.39, 0.29) is 18.3 Å². The third-order valence-corrected chi connectivity index (χ3v) is 5.71. The highest BCUT2D eigenvalue weighted by Gasteiger charge is 2.28. The Hall–Kier alpha value is -1.10. The summed E-state index contributed by atoms with van der Waals surface area (Å²) in [6.45, 7) is 3.78. The van der Waals surface area contributed by atoms with Gasteiger partial charge in [0.1, 0.15) is 0 Å². The largest absolute Gasteiger partial charge is 0.388 e. The van der Waals surface area contributed by atoms with Gasteiger partial charge in [0.25, 0.3) is 0 Å². The van der Waals surface area contributed by atoms with Gasteiger partial charge in [-0.05, 0) is 62.6 Å². The Labute approximate surface area is 157 Å². The standard InChI is InChI=1S/C20H30N2O2.ClH/c23-19(7-6-16-8-12-21-13-9-16)22-14-10-18(11-15-22)20(24)17-4-2-1-3-5-17;/h1-5,16,18,20-21,24H,6-15H2;1H. The van der Waals surface area contributed by atoms with E-state index >= 15 is 0 Å². The van der Waals surface area contributed by atoms with Crippen LogP contribution in [0.1, 0.15) is 50.2 Å². The molecule has 0 radical (unpaired) electrons. The van der Waals surface area contributed by atoms with Gasteiger partial charge < -0.3 is 15.3 Å². The van der Waals surface area contributed by atoms with Gasteiger partial charge in [-0.3, -0.25) is 4.79 Å². The summed E-state index contributed by atoms with van der Waals surface area (Å²) in [4.78, 5) is 14.4. The molecule has 4 nitrogen and oxygen atoms in total. The predicted octanol–water partition coefficient (Wildman–Crippen LogP) is 3.16. The molecule has 0 aromatic heterocycles. The molecule has 2 fully saturated rings. The van der Waals surface area contributed by atoms with Gasteiger partial charge in [0.05, 0.1) is 6.10 Å². The number of nitrogens with one attached hydrogen (secondary N) is 1. The molecule has 2 saturated heterocycles. The molecule has 0 aliphatic carbocycles. The van der Waals surface area contributed by atoms with Crippen LogP contribution < -0.4 is 5.32 Å². The fraction of sp³-hybridized carbons (Fsp3) is 0.650. The molecule has 0 spiro atoms. The zero-order valence-corrected chi connectivity index (χ0v) is 15.7. The van der Waals surface area contributed by atoms with Crippen molar-refractivity contribution in [2.45, 2.75) is 44.6 Å². The van der Waals surface area contributed by atoms with E-state index in [1.165, 1.54) is 12.8 Å². The first-order valence-corrected chi connectivity index (χ1v) is 9.45. The Morgan fingerprint density at radius 3 is 2.40 bits per heavy atom. The van der Waals surface area contributed by atoms with E-state index in [0.717, 1.165) is 51.0 Å². The zero-order chi connectivity index (χ0) is 16.8. The summed E-state index contributed by atoms with van der Waals surface area (Å²) in [5, 5.41) is 13.9. The number of halogens is 1. The van der Waals surface area contributed by atoms with E-state index < -0.39 is 6.10 Å². The normalized spacial score (nSPS) is 20.8. The van der Waals surface area contributed by atoms with Crippen LogP contribution in [0.2, 0.25) is 0 Å². The van der Waals surface area contributed by atoms with Crippen molar-refractivity contribution in [1.82, 2.24) is 10.2 Å². The fourth-order valence-corrected chi connectivity index (χ4v) is 4.04. The number of benzene rings is 1. The number of amides is 1. The molecule has 2 N–H and O–H groups in total. The van der Waals surface area contributed by atoms with Crippen LogP contribution in [0.4, 0.5) is 0 Å². The summed E-state index contributed by atoms with van der Waals surface area (Å²) >= 11 is 0. The molecule has 1 aromatic rings. The maximum Gasteiger partial charge on any atom is 0.222 e. The Balaban J connectivity index is 0.00000225. The molecule has 1 amide bonds. The molecule has 1 atom stereocenters. The van der Waals surface area contributed by atoms with E-state index in [0.29, 0.717) is 18.2 Å². The number of likely N-dealkylation sites (tertiary alicyclic amines) is 1. The molecule has 25 heavy (non-hydrogen) atoms. The maximum atomic E-state index is 12.4. The number of hydrogen-bond donors (Lipinski definition) is 2. The monoisotopic (exact) mass is 366 g/mol. The van der Waals surface area contributed by atoms with Crippen LogP contribution >= 0.6 is 12.4 Å². The molecule has 5 heteroatoms. The van der Waals surface area contributed by atoms with Crippen LogP contribution in [0.5, 0.6) is 0 Å². The highest BCUT2D eigenvalue weighted by Crippen LogP contribution is 2.31. The minimum atomic E-state index is -0.404. The number of aliphatic hydroxyl groups is 1. The lowest BCUT2D eigenvalue weighted by molar-refractivity contribution is -0.133. The van der Waals surface area contributed by atoms with Crippen LogP contribution in [0, 0.1) is 11.8 Å². The van der Waals surface area contributed by atoms with Crippen LogP contribution in [0.3, 0.4) is 0 Å². The lowest BCUT2D eigenvalue weighted by Gasteiger charge is -2.35. The van der Waals surface area contributed by atoms with Gasteiger partial charge in [0.2, 0.25) is 5.91 Å². The average molecular weight is 367 g/mol. The predicted molar refractivity (Wildman–Crippen MR) is 103 cm³/mol. The first-order chi connectivity index (χ1) is 11.7. The summed E-state index contributed by atoms with van der Waals surface area (Å²) in [6, 6.07) is 9.89. The Bertz CT molecular complexity index is 512. The van der Waals surface area contributed by atoms with Crippen LogP contribution in [0.25, 0.3) is 0 Å². The fourth-order valence-electron chi connectivity index (χ4n) is 4.04. The molecular formula is C20H31ClN2O2. The van der Waals surface area contributed by atoms with Gasteiger partial charge in [-0.1, -0.05) is 30.3 Å². The van der Waals surface area contributed by atoms with Gasteiger partial charge in [0.15, 0.2) is 0 Å². The smallest absolute Gasteiger partial charge is 0.222 e. The van der Waals surface area contributed by atoms with E-state index in [9.17, 15) is 9.90 Å². The average Bonchev–Trinajstić information content (AvgIpc) is 2.67. The second-order valence-corrected chi connectivity index (χ2v) is 7.31. The van der Waals surface area contributed by atoms with Crippen molar-refractivity contribution in [3.8, 4) is 0 Å². The molecule has 140 valence electrons. The molecule has 1 unspecified atom stereocenters. The summed E-state index contributed by atoms with van der Waals surface area (Å²) in [5.74, 6) is 1.29. The zero-order valence-electron chi connectivity index (χ0n) is 14.9. The van der Waals surface area contributed by atoms with Crippen LogP contribution in [-0.2, 0) is 4.79 Å². The highest BCUT2D eigenvalue weighted by molar-refractivity contribution is 5.85.